The van der Waals surface area contributed by atoms with Crippen LogP contribution >= 0.6 is 0 Å². The van der Waals surface area contributed by atoms with Crippen molar-refractivity contribution in [1.82, 2.24) is 0 Å². The normalized spacial score (nSPS) is 51.0. The zero-order valence-electron chi connectivity index (χ0n) is 13.0. The van der Waals surface area contributed by atoms with Gasteiger partial charge >= 0.3 is 0 Å². The smallest absolute Gasteiger partial charge is 0.0795 e. The number of oxime groups is 1. The van der Waals surface area contributed by atoms with Crippen LogP contribution in [-0.2, 0) is 0 Å². The number of aliphatic hydroxyl groups is 1. The van der Waals surface area contributed by atoms with Crippen molar-refractivity contribution in [2.45, 2.75) is 64.4 Å². The number of hydrogen-bond acceptors (Lipinski definition) is 3. The Morgan fingerprint density at radius 3 is 2.76 bits per heavy atom. The van der Waals surface area contributed by atoms with Gasteiger partial charge in [0.05, 0.1) is 11.8 Å². The van der Waals surface area contributed by atoms with Crippen molar-refractivity contribution in [3.63, 3.8) is 0 Å². The molecule has 0 aliphatic heterocycles. The molecule has 116 valence electrons. The molecule has 0 heterocycles. The van der Waals surface area contributed by atoms with Gasteiger partial charge in [0.1, 0.15) is 0 Å². The van der Waals surface area contributed by atoms with Gasteiger partial charge in [0.15, 0.2) is 0 Å². The van der Waals surface area contributed by atoms with Crippen LogP contribution < -0.4 is 0 Å². The third-order valence-corrected chi connectivity index (χ3v) is 7.39. The summed E-state index contributed by atoms with van der Waals surface area (Å²) in [6.07, 6.45) is 11.4. The molecule has 3 saturated carbocycles. The van der Waals surface area contributed by atoms with E-state index in [4.69, 9.17) is 5.21 Å². The monoisotopic (exact) mass is 289 g/mol. The standard InChI is InChI=1S/C18H27NO2/c1-18-9-8-14-13-5-3-12(19-21)10-11(13)2-4-15(14)16(18)6-7-17(18)20/h10,13-17,20-21H,2-9H2,1H3/b19-12+/t13-,14+,15+,16-,17-,18-/m0/s1. The lowest BCUT2D eigenvalue weighted by molar-refractivity contribution is -0.0526. The molecule has 0 saturated heterocycles. The molecule has 21 heavy (non-hydrogen) atoms. The van der Waals surface area contributed by atoms with Crippen LogP contribution in [0.15, 0.2) is 16.8 Å². The summed E-state index contributed by atoms with van der Waals surface area (Å²) in [4.78, 5) is 0. The fraction of sp³-hybridized carbons (Fsp3) is 0.833. The molecule has 4 aliphatic rings. The Labute approximate surface area is 127 Å². The van der Waals surface area contributed by atoms with Crippen molar-refractivity contribution in [1.29, 1.82) is 0 Å². The second-order valence-corrected chi connectivity index (χ2v) is 8.07. The minimum absolute atomic E-state index is 0.0696. The first-order valence-electron chi connectivity index (χ1n) is 8.73. The molecule has 4 aliphatic carbocycles. The largest absolute Gasteiger partial charge is 0.411 e. The number of rotatable bonds is 0. The quantitative estimate of drug-likeness (QED) is 0.527. The van der Waals surface area contributed by atoms with Crippen LogP contribution in [0, 0.1) is 29.1 Å². The van der Waals surface area contributed by atoms with Gasteiger partial charge in [-0.25, -0.2) is 0 Å². The van der Waals surface area contributed by atoms with E-state index >= 15 is 0 Å². The highest BCUT2D eigenvalue weighted by Gasteiger charge is 2.55. The summed E-state index contributed by atoms with van der Waals surface area (Å²) in [7, 11) is 0. The van der Waals surface area contributed by atoms with Gasteiger partial charge in [-0.2, -0.15) is 0 Å². The zero-order chi connectivity index (χ0) is 14.6. The second-order valence-electron chi connectivity index (χ2n) is 8.07. The molecule has 4 rings (SSSR count). The van der Waals surface area contributed by atoms with Crippen molar-refractivity contribution < 1.29 is 10.3 Å². The van der Waals surface area contributed by atoms with Crippen LogP contribution in [0.1, 0.15) is 58.3 Å². The van der Waals surface area contributed by atoms with Gasteiger partial charge in [-0.05, 0) is 86.5 Å². The SMILES string of the molecule is C[C@]12CC[C@H]3[C@@H](CCC4=C/C(=N/O)CC[C@@H]43)[C@@H]1CC[C@@H]2O. The maximum Gasteiger partial charge on any atom is 0.0795 e. The Kier molecular flexibility index (Phi) is 3.18. The van der Waals surface area contributed by atoms with Gasteiger partial charge in [0.2, 0.25) is 0 Å². The van der Waals surface area contributed by atoms with Crippen LogP contribution in [0.3, 0.4) is 0 Å². The molecule has 3 heteroatoms. The molecular formula is C18H27NO2. The van der Waals surface area contributed by atoms with E-state index in [1.54, 1.807) is 0 Å². The Bertz CT molecular complexity index is 497. The molecule has 0 aromatic rings. The highest BCUT2D eigenvalue weighted by Crippen LogP contribution is 2.61. The van der Waals surface area contributed by atoms with E-state index in [0.29, 0.717) is 0 Å². The summed E-state index contributed by atoms with van der Waals surface area (Å²) in [5.41, 5.74) is 2.60. The minimum atomic E-state index is -0.0696. The van der Waals surface area contributed by atoms with Crippen LogP contribution in [0.4, 0.5) is 0 Å². The van der Waals surface area contributed by atoms with E-state index in [1.165, 1.54) is 44.1 Å². The predicted molar refractivity (Wildman–Crippen MR) is 82.3 cm³/mol. The fourth-order valence-electron chi connectivity index (χ4n) is 6.24. The van der Waals surface area contributed by atoms with Crippen molar-refractivity contribution in [3.8, 4) is 0 Å². The highest BCUT2D eigenvalue weighted by molar-refractivity contribution is 5.96. The number of aliphatic hydroxyl groups excluding tert-OH is 1. The fourth-order valence-corrected chi connectivity index (χ4v) is 6.24. The maximum absolute atomic E-state index is 10.4. The van der Waals surface area contributed by atoms with Gasteiger partial charge in [-0.1, -0.05) is 17.7 Å². The molecule has 0 spiro atoms. The minimum Gasteiger partial charge on any atom is -0.411 e. The molecular weight excluding hydrogens is 262 g/mol. The lowest BCUT2D eigenvalue weighted by Crippen LogP contribution is -2.47. The maximum atomic E-state index is 10.4. The average molecular weight is 289 g/mol. The molecule has 0 radical (unpaired) electrons. The van der Waals surface area contributed by atoms with Crippen LogP contribution in [0.5, 0.6) is 0 Å². The number of allylic oxidation sites excluding steroid dienone is 2. The summed E-state index contributed by atoms with van der Waals surface area (Å²) >= 11 is 0. The Morgan fingerprint density at radius 1 is 1.10 bits per heavy atom. The summed E-state index contributed by atoms with van der Waals surface area (Å²) in [5, 5.41) is 22.9. The number of hydrogen-bond donors (Lipinski definition) is 2. The van der Waals surface area contributed by atoms with Crippen LogP contribution in [0.2, 0.25) is 0 Å². The molecule has 3 nitrogen and oxygen atoms in total. The Balaban J connectivity index is 1.61. The van der Waals surface area contributed by atoms with E-state index < -0.39 is 0 Å². The van der Waals surface area contributed by atoms with Gasteiger partial charge < -0.3 is 10.3 Å². The second kappa shape index (κ2) is 4.84. The van der Waals surface area contributed by atoms with Crippen molar-refractivity contribution in [3.05, 3.63) is 11.6 Å². The first-order valence-corrected chi connectivity index (χ1v) is 8.73. The molecule has 0 amide bonds. The lowest BCUT2D eigenvalue weighted by Gasteiger charge is -2.53. The van der Waals surface area contributed by atoms with Crippen molar-refractivity contribution in [2.24, 2.45) is 34.2 Å². The first kappa shape index (κ1) is 13.8. The van der Waals surface area contributed by atoms with Crippen molar-refractivity contribution in [2.75, 3.05) is 0 Å². The Hall–Kier alpha value is -0.830. The van der Waals surface area contributed by atoms with Gasteiger partial charge in [0.25, 0.3) is 0 Å². The van der Waals surface area contributed by atoms with Gasteiger partial charge in [0, 0.05) is 0 Å². The van der Waals surface area contributed by atoms with Gasteiger partial charge in [-0.3, -0.25) is 0 Å². The van der Waals surface area contributed by atoms with E-state index in [0.717, 1.165) is 42.2 Å². The third-order valence-electron chi connectivity index (χ3n) is 7.39. The van der Waals surface area contributed by atoms with Gasteiger partial charge in [-0.15, -0.1) is 0 Å². The number of nitrogens with zero attached hydrogens (tertiary/aromatic N) is 1. The third kappa shape index (κ3) is 1.93. The summed E-state index contributed by atoms with van der Waals surface area (Å²) in [5.74, 6) is 3.08. The molecule has 0 aromatic carbocycles. The average Bonchev–Trinajstić information content (AvgIpc) is 2.82. The highest BCUT2D eigenvalue weighted by atomic mass is 16.4. The summed E-state index contributed by atoms with van der Waals surface area (Å²) < 4.78 is 0. The topological polar surface area (TPSA) is 52.8 Å². The zero-order valence-corrected chi connectivity index (χ0v) is 13.0. The molecule has 3 fully saturated rings. The summed E-state index contributed by atoms with van der Waals surface area (Å²) in [6, 6.07) is 0. The van der Waals surface area contributed by atoms with Crippen LogP contribution in [0.25, 0.3) is 0 Å². The Morgan fingerprint density at radius 2 is 1.95 bits per heavy atom. The molecule has 6 atom stereocenters. The summed E-state index contributed by atoms with van der Waals surface area (Å²) in [6.45, 7) is 2.34. The molecule has 0 bridgehead atoms. The lowest BCUT2D eigenvalue weighted by atomic mass is 9.52. The molecule has 2 N–H and O–H groups in total. The first-order chi connectivity index (χ1) is 10.1. The van der Waals surface area contributed by atoms with E-state index in [-0.39, 0.29) is 11.5 Å². The number of fused-ring (bicyclic) bond motifs is 5. The van der Waals surface area contributed by atoms with E-state index in [1.807, 2.05) is 0 Å². The molecule has 0 aromatic heterocycles. The van der Waals surface area contributed by atoms with E-state index in [2.05, 4.69) is 18.2 Å². The van der Waals surface area contributed by atoms with Crippen molar-refractivity contribution >= 4 is 5.71 Å². The predicted octanol–water partition coefficient (Wildman–Crippen LogP) is 3.75. The van der Waals surface area contributed by atoms with Crippen LogP contribution in [-0.4, -0.2) is 22.1 Å². The van der Waals surface area contributed by atoms with E-state index in [9.17, 15) is 5.11 Å². The molecule has 0 unspecified atom stereocenters.